The van der Waals surface area contributed by atoms with Gasteiger partial charge in [-0.2, -0.15) is 0 Å². The molecule has 0 saturated carbocycles. The van der Waals surface area contributed by atoms with Crippen LogP contribution in [-0.4, -0.2) is 46.8 Å². The number of hydrogen-bond donors (Lipinski definition) is 0. The van der Waals surface area contributed by atoms with Gasteiger partial charge < -0.3 is 9.80 Å². The predicted octanol–water partition coefficient (Wildman–Crippen LogP) is 3.98. The fourth-order valence-electron chi connectivity index (χ4n) is 3.01. The Morgan fingerprint density at radius 2 is 1.31 bits per heavy atom. The monoisotopic (exact) mass is 386 g/mol. The summed E-state index contributed by atoms with van der Waals surface area (Å²) in [6.45, 7) is 5.08. The zero-order chi connectivity index (χ0) is 18.5. The second-order valence-corrected chi connectivity index (χ2v) is 8.34. The normalized spacial score (nSPS) is 21.0. The zero-order valence-electron chi connectivity index (χ0n) is 14.9. The lowest BCUT2D eigenvalue weighted by Gasteiger charge is -2.43. The lowest BCUT2D eigenvalue weighted by atomic mass is 10.1. The summed E-state index contributed by atoms with van der Waals surface area (Å²) in [5.74, 6) is -0.00190. The molecule has 6 heteroatoms. The molecule has 26 heavy (non-hydrogen) atoms. The summed E-state index contributed by atoms with van der Waals surface area (Å²) in [5.41, 5.74) is 0. The highest BCUT2D eigenvalue weighted by atomic mass is 32.1. The van der Waals surface area contributed by atoms with Crippen LogP contribution in [0.5, 0.6) is 0 Å². The average Bonchev–Trinajstić information content (AvgIpc) is 3.32. The third kappa shape index (κ3) is 4.51. The van der Waals surface area contributed by atoms with Crippen LogP contribution >= 0.6 is 22.7 Å². The van der Waals surface area contributed by atoms with E-state index in [1.54, 1.807) is 34.8 Å². The molecular weight excluding hydrogens is 364 g/mol. The maximum atomic E-state index is 12.5. The topological polar surface area (TPSA) is 40.6 Å². The molecule has 0 bridgehead atoms. The van der Waals surface area contributed by atoms with Crippen molar-refractivity contribution >= 4 is 46.6 Å². The molecule has 0 aliphatic carbocycles. The molecule has 0 radical (unpaired) electrons. The fraction of sp³-hybridized carbons (Fsp3) is 0.300. The maximum absolute atomic E-state index is 12.5. The van der Waals surface area contributed by atoms with Crippen LogP contribution in [0.25, 0.3) is 12.2 Å². The predicted molar refractivity (Wildman–Crippen MR) is 109 cm³/mol. The minimum Gasteiger partial charge on any atom is -0.333 e. The second-order valence-electron chi connectivity index (χ2n) is 6.38. The highest BCUT2D eigenvalue weighted by molar-refractivity contribution is 7.11. The molecule has 2 atom stereocenters. The molecule has 2 amide bonds. The molecule has 3 rings (SSSR count). The minimum absolute atomic E-state index is 0.000948. The van der Waals surface area contributed by atoms with Crippen molar-refractivity contribution in [2.45, 2.75) is 25.9 Å². The first-order chi connectivity index (χ1) is 12.5. The zero-order valence-corrected chi connectivity index (χ0v) is 16.5. The van der Waals surface area contributed by atoms with Crippen LogP contribution in [0.2, 0.25) is 0 Å². The standard InChI is InChI=1S/C20H22N2O2S2/c1-15-13-22(20(24)10-8-18-6-4-12-26-18)16(2)14-21(15)19(23)9-7-17-5-3-11-25-17/h3-12,15-16H,13-14H2,1-2H3/b9-7+,10-8+/t15-,16-/m0/s1. The molecular formula is C20H22N2O2S2. The molecule has 0 unspecified atom stereocenters. The number of piperazine rings is 1. The summed E-state index contributed by atoms with van der Waals surface area (Å²) in [5, 5.41) is 3.98. The Balaban J connectivity index is 1.61. The van der Waals surface area contributed by atoms with Gasteiger partial charge in [-0.15, -0.1) is 22.7 Å². The van der Waals surface area contributed by atoms with E-state index in [0.717, 1.165) is 9.75 Å². The molecule has 1 saturated heterocycles. The highest BCUT2D eigenvalue weighted by Crippen LogP contribution is 2.18. The summed E-state index contributed by atoms with van der Waals surface area (Å²) in [6.07, 6.45) is 6.96. The quantitative estimate of drug-likeness (QED) is 0.746. The van der Waals surface area contributed by atoms with Crippen LogP contribution in [0.1, 0.15) is 23.6 Å². The summed E-state index contributed by atoms with van der Waals surface area (Å²) in [7, 11) is 0. The van der Waals surface area contributed by atoms with Crippen LogP contribution in [0.3, 0.4) is 0 Å². The van der Waals surface area contributed by atoms with Crippen molar-refractivity contribution in [1.29, 1.82) is 0 Å². The van der Waals surface area contributed by atoms with Gasteiger partial charge >= 0.3 is 0 Å². The average molecular weight is 387 g/mol. The van der Waals surface area contributed by atoms with E-state index in [1.807, 2.05) is 70.8 Å². The molecule has 0 spiro atoms. The van der Waals surface area contributed by atoms with E-state index in [1.165, 1.54) is 0 Å². The largest absolute Gasteiger partial charge is 0.333 e. The second kappa shape index (κ2) is 8.47. The van der Waals surface area contributed by atoms with Crippen molar-refractivity contribution in [3.8, 4) is 0 Å². The minimum atomic E-state index is -0.00854. The summed E-state index contributed by atoms with van der Waals surface area (Å²) >= 11 is 3.21. The smallest absolute Gasteiger partial charge is 0.246 e. The third-order valence-corrected chi connectivity index (χ3v) is 6.09. The maximum Gasteiger partial charge on any atom is 0.246 e. The molecule has 1 aliphatic heterocycles. The van der Waals surface area contributed by atoms with Gasteiger partial charge in [-0.1, -0.05) is 12.1 Å². The van der Waals surface area contributed by atoms with Gasteiger partial charge in [0.2, 0.25) is 11.8 Å². The Hall–Kier alpha value is -2.18. The molecule has 4 nitrogen and oxygen atoms in total. The lowest BCUT2D eigenvalue weighted by molar-refractivity contribution is -0.139. The Morgan fingerprint density at radius 3 is 1.65 bits per heavy atom. The number of hydrogen-bond acceptors (Lipinski definition) is 4. The molecule has 3 heterocycles. The number of carbonyl (C=O) groups excluding carboxylic acids is 2. The first-order valence-corrected chi connectivity index (χ1v) is 10.3. The first-order valence-electron chi connectivity index (χ1n) is 8.59. The summed E-state index contributed by atoms with van der Waals surface area (Å²) in [4.78, 5) is 30.9. The van der Waals surface area contributed by atoms with Gasteiger partial charge in [-0.25, -0.2) is 0 Å². The van der Waals surface area contributed by atoms with E-state index in [-0.39, 0.29) is 23.9 Å². The van der Waals surface area contributed by atoms with Crippen molar-refractivity contribution in [3.63, 3.8) is 0 Å². The van der Waals surface area contributed by atoms with Gasteiger partial charge in [0.1, 0.15) is 0 Å². The Bertz CT molecular complexity index is 726. The van der Waals surface area contributed by atoms with Crippen LogP contribution in [0.4, 0.5) is 0 Å². The summed E-state index contributed by atoms with van der Waals surface area (Å²) < 4.78 is 0. The van der Waals surface area contributed by atoms with Crippen LogP contribution in [0.15, 0.2) is 47.2 Å². The SMILES string of the molecule is C[C@H]1CN(C(=O)/C=C/c2cccs2)[C@@H](C)CN1C(=O)/C=C/c1cccs1. The van der Waals surface area contributed by atoms with E-state index in [4.69, 9.17) is 0 Å². The van der Waals surface area contributed by atoms with Crippen LogP contribution in [-0.2, 0) is 9.59 Å². The molecule has 0 aromatic carbocycles. The highest BCUT2D eigenvalue weighted by Gasteiger charge is 2.32. The van der Waals surface area contributed by atoms with Crippen molar-refractivity contribution in [1.82, 2.24) is 9.80 Å². The van der Waals surface area contributed by atoms with Crippen LogP contribution in [0, 0.1) is 0 Å². The fourth-order valence-corrected chi connectivity index (χ4v) is 4.25. The van der Waals surface area contributed by atoms with Gasteiger partial charge in [-0.05, 0) is 48.9 Å². The van der Waals surface area contributed by atoms with Crippen molar-refractivity contribution < 1.29 is 9.59 Å². The van der Waals surface area contributed by atoms with E-state index >= 15 is 0 Å². The molecule has 0 N–H and O–H groups in total. The molecule has 2 aromatic rings. The molecule has 1 fully saturated rings. The first kappa shape index (κ1) is 18.6. The van der Waals surface area contributed by atoms with Crippen molar-refractivity contribution in [3.05, 3.63) is 56.9 Å². The lowest BCUT2D eigenvalue weighted by Crippen LogP contribution is -2.59. The molecule has 1 aliphatic rings. The number of carbonyl (C=O) groups is 2. The molecule has 2 aromatic heterocycles. The number of nitrogens with zero attached hydrogens (tertiary/aromatic N) is 2. The van der Waals surface area contributed by atoms with E-state index in [9.17, 15) is 9.59 Å². The number of amides is 2. The van der Waals surface area contributed by atoms with Crippen LogP contribution < -0.4 is 0 Å². The molecule has 136 valence electrons. The van der Waals surface area contributed by atoms with Gasteiger partial charge in [-0.3, -0.25) is 9.59 Å². The Labute approximate surface area is 162 Å². The third-order valence-electron chi connectivity index (χ3n) is 4.42. The van der Waals surface area contributed by atoms with Gasteiger partial charge in [0.05, 0.1) is 0 Å². The Kier molecular flexibility index (Phi) is 6.06. The summed E-state index contributed by atoms with van der Waals surface area (Å²) in [6, 6.07) is 7.88. The number of thiophene rings is 2. The van der Waals surface area contributed by atoms with Crippen molar-refractivity contribution in [2.24, 2.45) is 0 Å². The van der Waals surface area contributed by atoms with E-state index < -0.39 is 0 Å². The van der Waals surface area contributed by atoms with Crippen molar-refractivity contribution in [2.75, 3.05) is 13.1 Å². The van der Waals surface area contributed by atoms with E-state index in [2.05, 4.69) is 0 Å². The number of rotatable bonds is 4. The van der Waals surface area contributed by atoms with Gasteiger partial charge in [0.25, 0.3) is 0 Å². The Morgan fingerprint density at radius 1 is 0.885 bits per heavy atom. The van der Waals surface area contributed by atoms with Gasteiger partial charge in [0, 0.05) is 47.1 Å². The van der Waals surface area contributed by atoms with E-state index in [0.29, 0.717) is 13.1 Å². The van der Waals surface area contributed by atoms with Gasteiger partial charge in [0.15, 0.2) is 0 Å².